The third kappa shape index (κ3) is 14.7. The van der Waals surface area contributed by atoms with E-state index in [2.05, 4.69) is 0 Å². The number of carbonyl (C=O) groups excluding carboxylic acids is 10. The summed E-state index contributed by atoms with van der Waals surface area (Å²) in [4.78, 5) is 131. The van der Waals surface area contributed by atoms with Crippen LogP contribution in [0.3, 0.4) is 0 Å². The van der Waals surface area contributed by atoms with Crippen molar-refractivity contribution in [3.63, 3.8) is 0 Å². The maximum atomic E-state index is 13.3. The van der Waals surface area contributed by atoms with Gasteiger partial charge >= 0.3 is 0 Å². The predicted molar refractivity (Wildman–Crippen MR) is 514 cm³/mol. The maximum Gasteiger partial charge on any atom is 0.190 e. The molecule has 5 unspecified atom stereocenters. The van der Waals surface area contributed by atoms with Gasteiger partial charge in [-0.25, -0.2) is 0 Å². The van der Waals surface area contributed by atoms with Gasteiger partial charge in [0.1, 0.15) is 17.2 Å². The fourth-order valence-electron chi connectivity index (χ4n) is 24.1. The number of methoxy groups -OCH3 is 2. The number of phenols is 2. The molecule has 0 spiro atoms. The first-order valence-electron chi connectivity index (χ1n) is 47.1. The molecule has 10 aromatic rings. The zero-order valence-electron chi connectivity index (χ0n) is 75.0. The Morgan fingerprint density at radius 2 is 0.515 bits per heavy atom. The normalized spacial score (nSPS) is 21.3. The Bertz CT molecular complexity index is 7190. The average molecular weight is 1770 g/mol. The quantitative estimate of drug-likeness (QED) is 0.137. The van der Waals surface area contributed by atoms with Crippen LogP contribution in [0.15, 0.2) is 326 Å². The molecule has 15 nitrogen and oxygen atoms in total. The van der Waals surface area contributed by atoms with Gasteiger partial charge in [-0.1, -0.05) is 222 Å². The van der Waals surface area contributed by atoms with E-state index in [1.165, 1.54) is 23.8 Å². The molecule has 0 aliphatic heterocycles. The Kier molecular flexibility index (Phi) is 22.8. The smallest absolute Gasteiger partial charge is 0.190 e. The summed E-state index contributed by atoms with van der Waals surface area (Å²) < 4.78 is 16.1. The first-order chi connectivity index (χ1) is 65.4. The zero-order chi connectivity index (χ0) is 92.0. The molecule has 10 aromatic carbocycles. The highest BCUT2D eigenvalue weighted by molar-refractivity contribution is 6.28. The molecule has 25 rings (SSSR count). The van der Waals surface area contributed by atoms with Crippen molar-refractivity contribution >= 4 is 85.7 Å². The van der Waals surface area contributed by atoms with E-state index in [4.69, 9.17) is 14.2 Å². The third-order valence-corrected chi connectivity index (χ3v) is 29.8. The van der Waals surface area contributed by atoms with Crippen LogP contribution >= 0.6 is 0 Å². The fraction of sp³-hybridized carbons (Fsp3) is 0.244. The van der Waals surface area contributed by atoms with Gasteiger partial charge < -0.3 is 24.4 Å². The molecule has 2 N–H and O–H groups in total. The summed E-state index contributed by atoms with van der Waals surface area (Å²) in [5.74, 6) is 1.83. The molecule has 15 heteroatoms. The molecule has 0 heterocycles. The van der Waals surface area contributed by atoms with E-state index in [0.717, 1.165) is 268 Å². The summed E-state index contributed by atoms with van der Waals surface area (Å²) in [5.41, 5.74) is 33.2. The van der Waals surface area contributed by atoms with Gasteiger partial charge in [0.25, 0.3) is 0 Å². The number of hydrogen-bond donors (Lipinski definition) is 2. The van der Waals surface area contributed by atoms with Crippen molar-refractivity contribution in [2.75, 3.05) is 20.8 Å². The van der Waals surface area contributed by atoms with Crippen molar-refractivity contribution in [3.05, 3.63) is 410 Å². The summed E-state index contributed by atoms with van der Waals surface area (Å²) in [7, 11) is 3.14. The highest BCUT2D eigenvalue weighted by atomic mass is 16.5. The Labute approximate surface area is 777 Å². The van der Waals surface area contributed by atoms with Crippen LogP contribution in [0.5, 0.6) is 28.7 Å². The zero-order valence-corrected chi connectivity index (χ0v) is 75.0. The molecular formula is C119H98O15. The molecule has 15 aliphatic rings. The summed E-state index contributed by atoms with van der Waals surface area (Å²) in [6.45, 7) is 2.57. The lowest BCUT2D eigenvalue weighted by molar-refractivity contribution is -0.117. The molecule has 0 fully saturated rings. The number of ether oxygens (including phenoxy) is 3. The second kappa shape index (κ2) is 35.4. The van der Waals surface area contributed by atoms with Gasteiger partial charge in [-0.3, -0.25) is 47.9 Å². The highest BCUT2D eigenvalue weighted by Gasteiger charge is 2.50. The summed E-state index contributed by atoms with van der Waals surface area (Å²) in [5, 5.41) is 20.0. The van der Waals surface area contributed by atoms with Crippen molar-refractivity contribution < 1.29 is 72.4 Å². The van der Waals surface area contributed by atoms with Crippen LogP contribution in [0.4, 0.5) is 0 Å². The highest BCUT2D eigenvalue weighted by Crippen LogP contribution is 2.60. The van der Waals surface area contributed by atoms with Crippen LogP contribution in [0, 0.1) is 0 Å². The molecule has 0 amide bonds. The molecule has 15 aliphatic carbocycles. The molecule has 0 aromatic heterocycles. The van der Waals surface area contributed by atoms with Crippen LogP contribution in [-0.4, -0.2) is 88.9 Å². The van der Waals surface area contributed by atoms with Gasteiger partial charge in [-0.15, -0.1) is 0 Å². The summed E-state index contributed by atoms with van der Waals surface area (Å²) in [6, 6.07) is 76.8. The number of Topliss-reactive ketones (excluding diaryl/α,β-unsaturated/α-hetero) is 10. The average Bonchev–Trinajstić information content (AvgIpc) is 1.56. The number of fused-ring (bicyclic) bond motifs is 10. The van der Waals surface area contributed by atoms with Crippen LogP contribution < -0.4 is 14.2 Å². The van der Waals surface area contributed by atoms with Gasteiger partial charge in [-0.05, 0) is 235 Å². The fourth-order valence-corrected chi connectivity index (χ4v) is 24.1. The predicted octanol–water partition coefficient (Wildman–Crippen LogP) is 24.2. The number of allylic oxidation sites excluding steroid dienone is 20. The minimum atomic E-state index is -0.402. The number of rotatable bonds is 9. The minimum absolute atomic E-state index is 0.00700. The number of benzene rings is 10. The monoisotopic (exact) mass is 1770 g/mol. The number of ketones is 10. The van der Waals surface area contributed by atoms with Crippen LogP contribution in [-0.2, 0) is 24.0 Å². The topological polar surface area (TPSA) is 239 Å². The Morgan fingerprint density at radius 1 is 0.254 bits per heavy atom. The Hall–Kier alpha value is -14.7. The van der Waals surface area contributed by atoms with Gasteiger partial charge in [0.15, 0.2) is 69.3 Å². The number of hydrogen-bond acceptors (Lipinski definition) is 15. The Morgan fingerprint density at radius 3 is 0.806 bits per heavy atom. The van der Waals surface area contributed by atoms with Gasteiger partial charge in [0.05, 0.1) is 20.8 Å². The second-order valence-corrected chi connectivity index (χ2v) is 37.1. The van der Waals surface area contributed by atoms with Gasteiger partial charge in [0, 0.05) is 145 Å². The molecule has 0 radical (unpaired) electrons. The standard InChI is InChI=1S/C25H22O3.C24H20O4.C24H20O3.C23H18O3.C23H18O2/c1-2-28-17-12-10-15(11-13-17)23-22-16(6-5-9-21(22)26)14-20-18-7-3-4-8-19(18)25(27)24(20)23;1-28-20-12-14(9-10-18(20)25)22-21-13(5-4-8-19(21)26)11-17-15-6-2-3-7-16(15)24(27)23(17)22;1-27-16-11-9-14(10-12-16)22-21-15(5-4-8-20(21)25)13-19-17-6-2-3-7-18(17)24(26)23(19)22;24-15-7-3-5-13(11-15)21-20-14(6-4-10-19(20)25)12-18-16-8-1-2-9-17(16)23(26)22(18)21;24-19-12-6-9-15-13-18-16-10-4-5-11-17(16)23(25)22(18)21(20(15)19)14-7-2-1-3-8-14/h3-4,7-8,10-13,23H,2,5-6,9,14H2,1H3;2-3,6-7,9-10,12,22,25H,4-5,8,11H2,1H3;2-3,6-7,9-12,22H,4-5,8,13H2,1H3;1-3,5,7-9,11,21,24H,4,6,10,12H2;1-5,7-8,10-11,21H,6,9,12-13H2. The van der Waals surface area contributed by atoms with Crippen molar-refractivity contribution in [3.8, 4) is 28.7 Å². The first kappa shape index (κ1) is 86.0. The minimum Gasteiger partial charge on any atom is -0.508 e. The number of phenolic OH excluding ortho intramolecular Hbond substituents is 2. The molecule has 0 saturated carbocycles. The summed E-state index contributed by atoms with van der Waals surface area (Å²) >= 11 is 0. The largest absolute Gasteiger partial charge is 0.508 e. The molecule has 664 valence electrons. The first-order valence-corrected chi connectivity index (χ1v) is 47.1. The Balaban J connectivity index is 0.000000101. The molecule has 0 saturated heterocycles. The van der Waals surface area contributed by atoms with E-state index in [-0.39, 0.29) is 93.0 Å². The lowest BCUT2D eigenvalue weighted by Crippen LogP contribution is -2.25. The van der Waals surface area contributed by atoms with E-state index in [0.29, 0.717) is 62.9 Å². The number of carbonyl (C=O) groups is 10. The number of aromatic hydroxyl groups is 2. The van der Waals surface area contributed by atoms with Crippen LogP contribution in [0.2, 0.25) is 0 Å². The second-order valence-electron chi connectivity index (χ2n) is 37.1. The van der Waals surface area contributed by atoms with E-state index in [1.54, 1.807) is 43.5 Å². The van der Waals surface area contributed by atoms with Crippen LogP contribution in [0.25, 0.3) is 27.9 Å². The molecule has 134 heavy (non-hydrogen) atoms. The van der Waals surface area contributed by atoms with Crippen molar-refractivity contribution in [2.24, 2.45) is 0 Å². The maximum absolute atomic E-state index is 13.3. The van der Waals surface area contributed by atoms with Crippen molar-refractivity contribution in [1.29, 1.82) is 0 Å². The van der Waals surface area contributed by atoms with E-state index >= 15 is 0 Å². The van der Waals surface area contributed by atoms with Gasteiger partial charge in [0.2, 0.25) is 0 Å². The SMILES string of the molecule is CCOc1ccc(C2C3=C(CCCC3=O)CC3=C2C(=O)c2ccccc23)cc1.COc1cc(C2C3=C(CCCC3=O)CC3=C2C(=O)c2ccccc23)ccc1O.COc1ccc(C2C3=C(CCCC3=O)CC3=C2C(=O)c2ccccc23)cc1.O=C1CCCC2=C1C(c1cccc(O)c1)C1=C(C2)c2ccccc2C1=O.O=C1CCCC2=C1C(c1ccccc1)C1=C(C2)c2ccccc2C1=O. The van der Waals surface area contributed by atoms with E-state index in [9.17, 15) is 58.2 Å². The molecular weight excluding hydrogens is 1670 g/mol. The van der Waals surface area contributed by atoms with Crippen LogP contribution in [0.1, 0.15) is 272 Å². The van der Waals surface area contributed by atoms with E-state index in [1.807, 2.05) is 213 Å². The van der Waals surface area contributed by atoms with Crippen molar-refractivity contribution in [1.82, 2.24) is 0 Å². The molecule has 0 bridgehead atoms. The van der Waals surface area contributed by atoms with E-state index < -0.39 is 5.92 Å². The molecule has 5 atom stereocenters. The van der Waals surface area contributed by atoms with Crippen molar-refractivity contribution in [2.45, 2.75) is 165 Å². The third-order valence-electron chi connectivity index (χ3n) is 29.8. The lowest BCUT2D eigenvalue weighted by atomic mass is 9.69. The van der Waals surface area contributed by atoms with Gasteiger partial charge in [-0.2, -0.15) is 0 Å². The lowest BCUT2D eigenvalue weighted by Gasteiger charge is -2.32. The summed E-state index contributed by atoms with van der Waals surface area (Å²) in [6.07, 6.45) is 15.5.